The van der Waals surface area contributed by atoms with Crippen molar-refractivity contribution >= 4 is 56.7 Å². The fraction of sp³-hybridized carbons (Fsp3) is 0.130. The molecule has 4 aromatic rings. The van der Waals surface area contributed by atoms with Crippen molar-refractivity contribution in [3.63, 3.8) is 0 Å². The topological polar surface area (TPSA) is 62.6 Å². The van der Waals surface area contributed by atoms with Crippen LogP contribution in [-0.4, -0.2) is 18.4 Å². The summed E-state index contributed by atoms with van der Waals surface area (Å²) in [5, 5.41) is 5.58. The summed E-state index contributed by atoms with van der Waals surface area (Å²) in [5.74, 6) is -0.657. The van der Waals surface area contributed by atoms with E-state index in [1.165, 1.54) is 0 Å². The molecular formula is C23H17ClN2O3. The molecule has 1 saturated heterocycles. The maximum atomic E-state index is 12.8. The minimum atomic E-state index is -0.412. The van der Waals surface area contributed by atoms with Crippen LogP contribution in [0.1, 0.15) is 6.42 Å². The van der Waals surface area contributed by atoms with Crippen LogP contribution in [0.5, 0.6) is 0 Å². The number of fused-ring (bicyclic) bond motifs is 3. The molecule has 3 aromatic carbocycles. The molecule has 2 amide bonds. The number of amides is 2. The second-order valence-corrected chi connectivity index (χ2v) is 7.62. The Balaban J connectivity index is 1.34. The first-order valence-corrected chi connectivity index (χ1v) is 9.74. The Labute approximate surface area is 171 Å². The van der Waals surface area contributed by atoms with E-state index < -0.39 is 5.92 Å². The zero-order valence-electron chi connectivity index (χ0n) is 15.4. The number of para-hydroxylation sites is 1. The summed E-state index contributed by atoms with van der Waals surface area (Å²) < 4.78 is 5.88. The molecular weight excluding hydrogens is 388 g/mol. The van der Waals surface area contributed by atoms with Crippen LogP contribution < -0.4 is 10.2 Å². The number of nitrogens with one attached hydrogen (secondary N) is 1. The van der Waals surface area contributed by atoms with Crippen LogP contribution in [0.2, 0.25) is 5.02 Å². The molecule has 0 spiro atoms. The Morgan fingerprint density at radius 1 is 1.00 bits per heavy atom. The number of carbonyl (C=O) groups is 2. The van der Waals surface area contributed by atoms with Gasteiger partial charge in [-0.15, -0.1) is 0 Å². The molecule has 144 valence electrons. The smallest absolute Gasteiger partial charge is 0.229 e. The van der Waals surface area contributed by atoms with Crippen molar-refractivity contribution in [2.24, 2.45) is 5.92 Å². The highest BCUT2D eigenvalue weighted by atomic mass is 35.5. The van der Waals surface area contributed by atoms with E-state index in [4.69, 9.17) is 16.0 Å². The Morgan fingerprint density at radius 3 is 2.59 bits per heavy atom. The van der Waals surface area contributed by atoms with Gasteiger partial charge in [0.1, 0.15) is 11.2 Å². The second-order valence-electron chi connectivity index (χ2n) is 7.18. The monoisotopic (exact) mass is 404 g/mol. The minimum absolute atomic E-state index is 0.0693. The lowest BCUT2D eigenvalue weighted by atomic mass is 10.1. The number of hydrogen-bond donors (Lipinski definition) is 1. The Morgan fingerprint density at radius 2 is 1.76 bits per heavy atom. The molecule has 0 aliphatic carbocycles. The van der Waals surface area contributed by atoms with E-state index in [2.05, 4.69) is 5.32 Å². The molecule has 29 heavy (non-hydrogen) atoms. The van der Waals surface area contributed by atoms with Gasteiger partial charge >= 0.3 is 0 Å². The quantitative estimate of drug-likeness (QED) is 0.508. The molecule has 0 radical (unpaired) electrons. The van der Waals surface area contributed by atoms with Crippen molar-refractivity contribution in [3.05, 3.63) is 71.8 Å². The van der Waals surface area contributed by atoms with Crippen LogP contribution in [0.25, 0.3) is 21.9 Å². The van der Waals surface area contributed by atoms with Gasteiger partial charge in [-0.05, 0) is 42.5 Å². The third-order valence-electron chi connectivity index (χ3n) is 5.28. The molecule has 6 heteroatoms. The van der Waals surface area contributed by atoms with Crippen molar-refractivity contribution in [2.75, 3.05) is 16.8 Å². The van der Waals surface area contributed by atoms with Gasteiger partial charge in [-0.3, -0.25) is 9.59 Å². The molecule has 5 rings (SSSR count). The summed E-state index contributed by atoms with van der Waals surface area (Å²) in [6.07, 6.45) is 0.182. The largest absolute Gasteiger partial charge is 0.456 e. The van der Waals surface area contributed by atoms with Gasteiger partial charge in [-0.25, -0.2) is 0 Å². The van der Waals surface area contributed by atoms with Crippen molar-refractivity contribution in [1.82, 2.24) is 0 Å². The van der Waals surface area contributed by atoms with Gasteiger partial charge in [-0.1, -0.05) is 29.8 Å². The fourth-order valence-corrected chi connectivity index (χ4v) is 3.93. The number of anilines is 2. The van der Waals surface area contributed by atoms with Gasteiger partial charge in [0.25, 0.3) is 0 Å². The van der Waals surface area contributed by atoms with Crippen molar-refractivity contribution < 1.29 is 14.0 Å². The predicted molar refractivity (Wildman–Crippen MR) is 114 cm³/mol. The SMILES string of the molecule is O=C(Nc1ccc2c(c1)oc1ccccc12)C1CC(=O)N(c2ccc(Cl)cc2)C1. The van der Waals surface area contributed by atoms with Gasteiger partial charge in [-0.2, -0.15) is 0 Å². The zero-order valence-corrected chi connectivity index (χ0v) is 16.1. The molecule has 1 unspecified atom stereocenters. The summed E-state index contributed by atoms with van der Waals surface area (Å²) >= 11 is 5.92. The highest BCUT2D eigenvalue weighted by Crippen LogP contribution is 2.31. The third kappa shape index (κ3) is 3.23. The van der Waals surface area contributed by atoms with Crippen molar-refractivity contribution in [2.45, 2.75) is 6.42 Å². The summed E-state index contributed by atoms with van der Waals surface area (Å²) in [4.78, 5) is 26.8. The molecule has 1 aliphatic rings. The summed E-state index contributed by atoms with van der Waals surface area (Å²) in [7, 11) is 0. The zero-order chi connectivity index (χ0) is 20.0. The number of nitrogens with zero attached hydrogens (tertiary/aromatic N) is 1. The second kappa shape index (κ2) is 6.94. The van der Waals surface area contributed by atoms with Gasteiger partial charge in [0.15, 0.2) is 0 Å². The Bertz CT molecular complexity index is 1250. The third-order valence-corrected chi connectivity index (χ3v) is 5.53. The maximum Gasteiger partial charge on any atom is 0.229 e. The molecule has 2 heterocycles. The van der Waals surface area contributed by atoms with Crippen LogP contribution in [0.3, 0.4) is 0 Å². The molecule has 1 N–H and O–H groups in total. The minimum Gasteiger partial charge on any atom is -0.456 e. The summed E-state index contributed by atoms with van der Waals surface area (Å²) in [6, 6.07) is 20.5. The number of rotatable bonds is 3. The van der Waals surface area contributed by atoms with Crippen molar-refractivity contribution in [1.29, 1.82) is 0 Å². The van der Waals surface area contributed by atoms with Gasteiger partial charge < -0.3 is 14.6 Å². The van der Waals surface area contributed by atoms with Crippen LogP contribution >= 0.6 is 11.6 Å². The first-order chi connectivity index (χ1) is 14.1. The number of furan rings is 1. The highest BCUT2D eigenvalue weighted by molar-refractivity contribution is 6.30. The van der Waals surface area contributed by atoms with Crippen LogP contribution in [-0.2, 0) is 9.59 Å². The summed E-state index contributed by atoms with van der Waals surface area (Å²) in [5.41, 5.74) is 2.93. The predicted octanol–water partition coefficient (Wildman–Crippen LogP) is 5.23. The van der Waals surface area contributed by atoms with Crippen LogP contribution in [0.15, 0.2) is 71.1 Å². The van der Waals surface area contributed by atoms with E-state index >= 15 is 0 Å². The molecule has 1 aliphatic heterocycles. The number of halogens is 1. The first-order valence-electron chi connectivity index (χ1n) is 9.36. The van der Waals surface area contributed by atoms with E-state index in [0.29, 0.717) is 22.8 Å². The average molecular weight is 405 g/mol. The average Bonchev–Trinajstić information content (AvgIpc) is 3.29. The standard InChI is InChI=1S/C23H17ClN2O3/c24-15-5-8-17(9-6-15)26-13-14(11-22(26)27)23(28)25-16-7-10-19-18-3-1-2-4-20(18)29-21(19)12-16/h1-10,12,14H,11,13H2,(H,25,28). The molecule has 5 nitrogen and oxygen atoms in total. The van der Waals surface area contributed by atoms with Gasteiger partial charge in [0, 0.05) is 46.2 Å². The van der Waals surface area contributed by atoms with Crippen molar-refractivity contribution in [3.8, 4) is 0 Å². The van der Waals surface area contributed by atoms with E-state index in [0.717, 1.165) is 22.0 Å². The highest BCUT2D eigenvalue weighted by Gasteiger charge is 2.35. The van der Waals surface area contributed by atoms with Crippen LogP contribution in [0, 0.1) is 5.92 Å². The Hall–Kier alpha value is -3.31. The molecule has 1 atom stereocenters. The Kier molecular flexibility index (Phi) is 4.25. The lowest BCUT2D eigenvalue weighted by Gasteiger charge is -2.16. The fourth-order valence-electron chi connectivity index (χ4n) is 3.80. The maximum absolute atomic E-state index is 12.8. The lowest BCUT2D eigenvalue weighted by Crippen LogP contribution is -2.28. The molecule has 1 fully saturated rings. The lowest BCUT2D eigenvalue weighted by molar-refractivity contribution is -0.122. The van der Waals surface area contributed by atoms with Gasteiger partial charge in [0.05, 0.1) is 5.92 Å². The van der Waals surface area contributed by atoms with E-state index in [-0.39, 0.29) is 18.2 Å². The molecule has 0 bridgehead atoms. The van der Waals surface area contributed by atoms with Gasteiger partial charge in [0.2, 0.25) is 11.8 Å². The molecule has 1 aromatic heterocycles. The number of benzene rings is 3. The number of hydrogen-bond acceptors (Lipinski definition) is 3. The normalized spacial score (nSPS) is 16.7. The summed E-state index contributed by atoms with van der Waals surface area (Å²) in [6.45, 7) is 0.346. The van der Waals surface area contributed by atoms with E-state index in [9.17, 15) is 9.59 Å². The number of carbonyl (C=O) groups excluding carboxylic acids is 2. The van der Waals surface area contributed by atoms with E-state index in [1.807, 2.05) is 42.5 Å². The first kappa shape index (κ1) is 17.8. The van der Waals surface area contributed by atoms with E-state index in [1.54, 1.807) is 29.2 Å². The van der Waals surface area contributed by atoms with Crippen LogP contribution in [0.4, 0.5) is 11.4 Å². The molecule has 0 saturated carbocycles.